The molecule has 0 saturated heterocycles. The fourth-order valence-corrected chi connectivity index (χ4v) is 1.52. The Morgan fingerprint density at radius 1 is 1.28 bits per heavy atom. The predicted molar refractivity (Wildman–Crippen MR) is 60.9 cm³/mol. The van der Waals surface area contributed by atoms with Crippen molar-refractivity contribution in [2.24, 2.45) is 0 Å². The number of carboxylic acids is 1. The van der Waals surface area contributed by atoms with E-state index in [1.807, 2.05) is 0 Å². The van der Waals surface area contributed by atoms with Crippen LogP contribution in [0, 0.1) is 5.82 Å². The van der Waals surface area contributed by atoms with Crippen molar-refractivity contribution in [1.82, 2.24) is 9.97 Å². The molecule has 92 valence electrons. The van der Waals surface area contributed by atoms with Crippen molar-refractivity contribution in [3.8, 4) is 17.1 Å². The largest absolute Gasteiger partial charge is 0.479 e. The molecule has 0 aliphatic rings. The third-order valence-electron chi connectivity index (χ3n) is 2.28. The minimum atomic E-state index is -1.21. The van der Waals surface area contributed by atoms with E-state index in [9.17, 15) is 9.18 Å². The van der Waals surface area contributed by atoms with Crippen LogP contribution < -0.4 is 4.74 Å². The van der Waals surface area contributed by atoms with Gasteiger partial charge in [-0.2, -0.15) is 0 Å². The van der Waals surface area contributed by atoms with Gasteiger partial charge in [0.2, 0.25) is 5.88 Å². The van der Waals surface area contributed by atoms with Gasteiger partial charge in [-0.15, -0.1) is 0 Å². The van der Waals surface area contributed by atoms with Gasteiger partial charge in [0.15, 0.2) is 0 Å². The average molecular weight is 248 g/mol. The van der Waals surface area contributed by atoms with Crippen molar-refractivity contribution in [3.05, 3.63) is 42.0 Å². The van der Waals surface area contributed by atoms with Crippen LogP contribution in [0.5, 0.6) is 5.88 Å². The number of nitrogens with zero attached hydrogens (tertiary/aromatic N) is 2. The van der Waals surface area contributed by atoms with Crippen molar-refractivity contribution in [1.29, 1.82) is 0 Å². The lowest BCUT2D eigenvalue weighted by Gasteiger charge is -2.06. The van der Waals surface area contributed by atoms with Crippen molar-refractivity contribution >= 4 is 5.97 Å². The van der Waals surface area contributed by atoms with Crippen LogP contribution in [0.1, 0.15) is 10.4 Å². The fraction of sp³-hybridized carbons (Fsp3) is 0.0833. The van der Waals surface area contributed by atoms with Gasteiger partial charge in [-0.25, -0.2) is 19.2 Å². The SMILES string of the molecule is COc1nccnc1-c1cc(F)cc(C(=O)O)c1. The number of ether oxygens (including phenoxy) is 1. The molecule has 0 amide bonds. The number of aromatic carboxylic acids is 1. The van der Waals surface area contributed by atoms with Crippen molar-refractivity contribution < 1.29 is 19.0 Å². The molecule has 6 heteroatoms. The van der Waals surface area contributed by atoms with E-state index in [1.165, 1.54) is 31.6 Å². The number of halogens is 1. The molecule has 0 fully saturated rings. The molecule has 5 nitrogen and oxygen atoms in total. The monoisotopic (exact) mass is 248 g/mol. The zero-order valence-corrected chi connectivity index (χ0v) is 9.42. The average Bonchev–Trinajstić information content (AvgIpc) is 2.38. The number of rotatable bonds is 3. The summed E-state index contributed by atoms with van der Waals surface area (Å²) in [4.78, 5) is 18.8. The summed E-state index contributed by atoms with van der Waals surface area (Å²) in [7, 11) is 1.41. The second kappa shape index (κ2) is 4.79. The molecule has 0 radical (unpaired) electrons. The molecule has 0 aliphatic heterocycles. The molecular formula is C12H9FN2O3. The highest BCUT2D eigenvalue weighted by molar-refractivity contribution is 5.89. The Bertz CT molecular complexity index is 602. The maximum Gasteiger partial charge on any atom is 0.335 e. The van der Waals surface area contributed by atoms with Gasteiger partial charge >= 0.3 is 5.97 Å². The van der Waals surface area contributed by atoms with E-state index in [1.54, 1.807) is 0 Å². The summed E-state index contributed by atoms with van der Waals surface area (Å²) in [5.41, 5.74) is 0.442. The van der Waals surface area contributed by atoms with Gasteiger partial charge in [0.05, 0.1) is 12.7 Å². The Morgan fingerprint density at radius 2 is 2.00 bits per heavy atom. The second-order valence-electron chi connectivity index (χ2n) is 3.45. The first-order chi connectivity index (χ1) is 8.61. The van der Waals surface area contributed by atoms with E-state index in [0.29, 0.717) is 11.3 Å². The van der Waals surface area contributed by atoms with Crippen LogP contribution in [-0.4, -0.2) is 28.2 Å². The van der Waals surface area contributed by atoms with E-state index >= 15 is 0 Å². The summed E-state index contributed by atoms with van der Waals surface area (Å²) in [5.74, 6) is -1.66. The molecule has 0 spiro atoms. The third kappa shape index (κ3) is 2.27. The lowest BCUT2D eigenvalue weighted by atomic mass is 10.1. The van der Waals surface area contributed by atoms with Gasteiger partial charge < -0.3 is 9.84 Å². The van der Waals surface area contributed by atoms with Gasteiger partial charge in [0.25, 0.3) is 0 Å². The van der Waals surface area contributed by atoms with E-state index in [-0.39, 0.29) is 11.4 Å². The third-order valence-corrected chi connectivity index (χ3v) is 2.28. The molecule has 2 aromatic rings. The standard InChI is InChI=1S/C12H9FN2O3/c1-18-11-10(14-2-3-15-11)7-4-8(12(16)17)6-9(13)5-7/h2-6H,1H3,(H,16,17). The summed E-state index contributed by atoms with van der Waals surface area (Å²) >= 11 is 0. The lowest BCUT2D eigenvalue weighted by molar-refractivity contribution is 0.0696. The number of carboxylic acid groups (broad SMARTS) is 1. The van der Waals surface area contributed by atoms with Crippen molar-refractivity contribution in [3.63, 3.8) is 0 Å². The van der Waals surface area contributed by atoms with Crippen LogP contribution in [0.2, 0.25) is 0 Å². The predicted octanol–water partition coefficient (Wildman–Crippen LogP) is 1.99. The Hall–Kier alpha value is -2.50. The van der Waals surface area contributed by atoms with Crippen LogP contribution in [0.3, 0.4) is 0 Å². The maximum atomic E-state index is 13.4. The van der Waals surface area contributed by atoms with Gasteiger partial charge in [0.1, 0.15) is 11.5 Å². The number of methoxy groups -OCH3 is 1. The van der Waals surface area contributed by atoms with Crippen LogP contribution in [0.25, 0.3) is 11.3 Å². The first-order valence-electron chi connectivity index (χ1n) is 5.01. The Balaban J connectivity index is 2.60. The van der Waals surface area contributed by atoms with E-state index in [2.05, 4.69) is 9.97 Å². The van der Waals surface area contributed by atoms with Gasteiger partial charge in [-0.05, 0) is 18.2 Å². The molecule has 2 rings (SSSR count). The number of carbonyl (C=O) groups is 1. The Labute approximate surface area is 102 Å². The highest BCUT2D eigenvalue weighted by atomic mass is 19.1. The Kier molecular flexibility index (Phi) is 3.18. The highest BCUT2D eigenvalue weighted by Crippen LogP contribution is 2.26. The number of hydrogen-bond acceptors (Lipinski definition) is 4. The number of aromatic nitrogens is 2. The van der Waals surface area contributed by atoms with Crippen LogP contribution in [-0.2, 0) is 0 Å². The molecule has 1 aromatic carbocycles. The quantitative estimate of drug-likeness (QED) is 0.899. The normalized spacial score (nSPS) is 10.1. The van der Waals surface area contributed by atoms with Gasteiger partial charge in [-0.3, -0.25) is 0 Å². The van der Waals surface area contributed by atoms with Crippen LogP contribution in [0.15, 0.2) is 30.6 Å². The van der Waals surface area contributed by atoms with Crippen molar-refractivity contribution in [2.45, 2.75) is 0 Å². The first kappa shape index (κ1) is 12.0. The molecule has 1 heterocycles. The number of benzene rings is 1. The summed E-state index contributed by atoms with van der Waals surface area (Å²) < 4.78 is 18.4. The molecule has 1 aromatic heterocycles. The summed E-state index contributed by atoms with van der Waals surface area (Å²) in [6.07, 6.45) is 2.85. The maximum absolute atomic E-state index is 13.4. The van der Waals surface area contributed by atoms with E-state index in [4.69, 9.17) is 9.84 Å². The van der Waals surface area contributed by atoms with Crippen LogP contribution in [0.4, 0.5) is 4.39 Å². The fourth-order valence-electron chi connectivity index (χ4n) is 1.52. The van der Waals surface area contributed by atoms with Crippen LogP contribution >= 0.6 is 0 Å². The highest BCUT2D eigenvalue weighted by Gasteiger charge is 2.13. The molecular weight excluding hydrogens is 239 g/mol. The molecule has 0 bridgehead atoms. The zero-order chi connectivity index (χ0) is 13.1. The first-order valence-corrected chi connectivity index (χ1v) is 5.01. The zero-order valence-electron chi connectivity index (χ0n) is 9.42. The minimum Gasteiger partial charge on any atom is -0.479 e. The molecule has 0 atom stereocenters. The lowest BCUT2D eigenvalue weighted by Crippen LogP contribution is -1.99. The summed E-state index contributed by atoms with van der Waals surface area (Å²) in [5, 5.41) is 8.87. The summed E-state index contributed by atoms with van der Waals surface area (Å²) in [6, 6.07) is 3.44. The molecule has 18 heavy (non-hydrogen) atoms. The van der Waals surface area contributed by atoms with Crippen molar-refractivity contribution in [2.75, 3.05) is 7.11 Å². The minimum absolute atomic E-state index is 0.155. The second-order valence-corrected chi connectivity index (χ2v) is 3.45. The van der Waals surface area contributed by atoms with E-state index in [0.717, 1.165) is 6.07 Å². The van der Waals surface area contributed by atoms with Gasteiger partial charge in [0, 0.05) is 18.0 Å². The smallest absolute Gasteiger partial charge is 0.335 e. The van der Waals surface area contributed by atoms with E-state index < -0.39 is 11.8 Å². The van der Waals surface area contributed by atoms with Gasteiger partial charge in [-0.1, -0.05) is 0 Å². The summed E-state index contributed by atoms with van der Waals surface area (Å²) in [6.45, 7) is 0. The molecule has 1 N–H and O–H groups in total. The molecule has 0 saturated carbocycles. The molecule has 0 aliphatic carbocycles. The molecule has 0 unspecified atom stereocenters. The topological polar surface area (TPSA) is 72.3 Å². The Morgan fingerprint density at radius 3 is 2.67 bits per heavy atom. The number of hydrogen-bond donors (Lipinski definition) is 1.